The second-order valence-electron chi connectivity index (χ2n) is 4.23. The molecule has 5 nitrogen and oxygen atoms in total. The summed E-state index contributed by atoms with van der Waals surface area (Å²) in [7, 11) is 0. The third kappa shape index (κ3) is 2.65. The zero-order chi connectivity index (χ0) is 13.9. The largest absolute Gasteiger partial charge is 0.473 e. The number of nitrogens with two attached hydrogens (primary N) is 1. The summed E-state index contributed by atoms with van der Waals surface area (Å²) in [5.74, 6) is 2.01. The minimum absolute atomic E-state index is 0.266. The van der Waals surface area contributed by atoms with E-state index in [1.807, 2.05) is 18.2 Å². The SMILES string of the molecule is NC(=S)c1ccc(OCc2ccc3c(c2)OCO3)nc1. The Morgan fingerprint density at radius 2 is 2.10 bits per heavy atom. The third-order valence-corrected chi connectivity index (χ3v) is 3.08. The molecule has 0 fully saturated rings. The molecule has 0 bridgehead atoms. The van der Waals surface area contributed by atoms with Crippen molar-refractivity contribution in [1.82, 2.24) is 4.98 Å². The molecular formula is C14H12N2O3S. The standard InChI is InChI=1S/C14H12N2O3S/c15-14(20)10-2-4-13(16-6-10)17-7-9-1-3-11-12(5-9)19-8-18-11/h1-6H,7-8H2,(H2,15,20). The minimum atomic E-state index is 0.266. The number of benzene rings is 1. The molecule has 6 heteroatoms. The highest BCUT2D eigenvalue weighted by molar-refractivity contribution is 7.80. The van der Waals surface area contributed by atoms with Crippen molar-refractivity contribution in [3.8, 4) is 17.4 Å². The van der Waals surface area contributed by atoms with Gasteiger partial charge in [0.1, 0.15) is 11.6 Å². The smallest absolute Gasteiger partial charge is 0.231 e. The number of ether oxygens (including phenoxy) is 3. The summed E-state index contributed by atoms with van der Waals surface area (Å²) in [5, 5.41) is 0. The predicted octanol–water partition coefficient (Wildman–Crippen LogP) is 2.02. The Kier molecular flexibility index (Phi) is 3.39. The molecule has 0 atom stereocenters. The van der Waals surface area contributed by atoms with Gasteiger partial charge in [0.15, 0.2) is 11.5 Å². The Hall–Kier alpha value is -2.34. The molecule has 0 aliphatic carbocycles. The molecule has 2 aromatic rings. The van der Waals surface area contributed by atoms with Gasteiger partial charge in [-0.3, -0.25) is 0 Å². The van der Waals surface area contributed by atoms with Crippen molar-refractivity contribution in [1.29, 1.82) is 0 Å². The molecule has 2 heterocycles. The van der Waals surface area contributed by atoms with Crippen LogP contribution >= 0.6 is 12.2 Å². The minimum Gasteiger partial charge on any atom is -0.473 e. The molecule has 0 unspecified atom stereocenters. The molecule has 20 heavy (non-hydrogen) atoms. The van der Waals surface area contributed by atoms with Gasteiger partial charge in [0.2, 0.25) is 12.7 Å². The number of hydrogen-bond donors (Lipinski definition) is 1. The van der Waals surface area contributed by atoms with Crippen LogP contribution in [0.15, 0.2) is 36.5 Å². The monoisotopic (exact) mass is 288 g/mol. The Labute approximate surface area is 121 Å². The lowest BCUT2D eigenvalue weighted by molar-refractivity contribution is 0.174. The maximum Gasteiger partial charge on any atom is 0.231 e. The first-order chi connectivity index (χ1) is 9.72. The Morgan fingerprint density at radius 3 is 2.85 bits per heavy atom. The van der Waals surface area contributed by atoms with Crippen LogP contribution < -0.4 is 19.9 Å². The molecular weight excluding hydrogens is 276 g/mol. The summed E-state index contributed by atoms with van der Waals surface area (Å²) in [4.78, 5) is 4.46. The summed E-state index contributed by atoms with van der Waals surface area (Å²) < 4.78 is 16.2. The van der Waals surface area contributed by atoms with E-state index in [9.17, 15) is 0 Å². The third-order valence-electron chi connectivity index (χ3n) is 2.84. The molecule has 2 N–H and O–H groups in total. The quantitative estimate of drug-likeness (QED) is 0.868. The van der Waals surface area contributed by atoms with Crippen LogP contribution in [-0.4, -0.2) is 16.8 Å². The highest BCUT2D eigenvalue weighted by Crippen LogP contribution is 2.32. The maximum absolute atomic E-state index is 5.59. The van der Waals surface area contributed by atoms with E-state index in [2.05, 4.69) is 4.98 Å². The summed E-state index contributed by atoms with van der Waals surface area (Å²) in [6.07, 6.45) is 1.59. The highest BCUT2D eigenvalue weighted by Gasteiger charge is 2.13. The van der Waals surface area contributed by atoms with Crippen LogP contribution in [-0.2, 0) is 6.61 Å². The van der Waals surface area contributed by atoms with Crippen molar-refractivity contribution in [2.24, 2.45) is 5.73 Å². The van der Waals surface area contributed by atoms with Crippen LogP contribution in [0.2, 0.25) is 0 Å². The zero-order valence-electron chi connectivity index (χ0n) is 10.5. The van der Waals surface area contributed by atoms with Crippen molar-refractivity contribution in [2.75, 3.05) is 6.79 Å². The number of nitrogens with zero attached hydrogens (tertiary/aromatic N) is 1. The van der Waals surface area contributed by atoms with E-state index in [1.165, 1.54) is 0 Å². The van der Waals surface area contributed by atoms with Crippen LogP contribution in [0, 0.1) is 0 Å². The summed E-state index contributed by atoms with van der Waals surface area (Å²) in [6.45, 7) is 0.664. The van der Waals surface area contributed by atoms with Crippen LogP contribution in [0.3, 0.4) is 0 Å². The number of pyridine rings is 1. The molecule has 1 aromatic heterocycles. The van der Waals surface area contributed by atoms with Gasteiger partial charge in [0.25, 0.3) is 0 Å². The molecule has 0 radical (unpaired) electrons. The van der Waals surface area contributed by atoms with E-state index in [-0.39, 0.29) is 6.79 Å². The van der Waals surface area contributed by atoms with Crippen LogP contribution in [0.4, 0.5) is 0 Å². The number of rotatable bonds is 4. The van der Waals surface area contributed by atoms with Gasteiger partial charge in [-0.25, -0.2) is 4.98 Å². The molecule has 1 aliphatic heterocycles. The average Bonchev–Trinajstić information content (AvgIpc) is 2.93. The molecule has 0 spiro atoms. The van der Waals surface area contributed by atoms with Crippen LogP contribution in [0.25, 0.3) is 0 Å². The van der Waals surface area contributed by atoms with E-state index < -0.39 is 0 Å². The van der Waals surface area contributed by atoms with Gasteiger partial charge in [-0.2, -0.15) is 0 Å². The summed E-state index contributed by atoms with van der Waals surface area (Å²) in [6, 6.07) is 9.21. The van der Waals surface area contributed by atoms with Gasteiger partial charge in [0.05, 0.1) is 0 Å². The molecule has 0 amide bonds. The highest BCUT2D eigenvalue weighted by atomic mass is 32.1. The van der Waals surface area contributed by atoms with E-state index in [0.29, 0.717) is 17.5 Å². The van der Waals surface area contributed by atoms with E-state index >= 15 is 0 Å². The first kappa shape index (κ1) is 12.7. The van der Waals surface area contributed by atoms with Crippen LogP contribution in [0.5, 0.6) is 17.4 Å². The number of hydrogen-bond acceptors (Lipinski definition) is 5. The molecule has 0 saturated carbocycles. The number of fused-ring (bicyclic) bond motifs is 1. The molecule has 0 saturated heterocycles. The number of thiocarbonyl (C=S) groups is 1. The lowest BCUT2D eigenvalue weighted by atomic mass is 10.2. The molecule has 3 rings (SSSR count). The van der Waals surface area contributed by atoms with Gasteiger partial charge < -0.3 is 19.9 Å². The second-order valence-corrected chi connectivity index (χ2v) is 4.67. The first-order valence-electron chi connectivity index (χ1n) is 5.99. The first-order valence-corrected chi connectivity index (χ1v) is 6.40. The van der Waals surface area contributed by atoms with Crippen molar-refractivity contribution >= 4 is 17.2 Å². The Morgan fingerprint density at radius 1 is 1.25 bits per heavy atom. The lowest BCUT2D eigenvalue weighted by Gasteiger charge is -2.06. The normalized spacial score (nSPS) is 12.2. The zero-order valence-corrected chi connectivity index (χ0v) is 11.4. The summed E-state index contributed by atoms with van der Waals surface area (Å²) in [5.41, 5.74) is 7.20. The van der Waals surface area contributed by atoms with Gasteiger partial charge in [-0.15, -0.1) is 0 Å². The van der Waals surface area contributed by atoms with Gasteiger partial charge in [-0.1, -0.05) is 18.3 Å². The van der Waals surface area contributed by atoms with E-state index in [0.717, 1.165) is 22.6 Å². The Balaban J connectivity index is 1.65. The van der Waals surface area contributed by atoms with Crippen molar-refractivity contribution in [3.05, 3.63) is 47.7 Å². The Bertz CT molecular complexity index is 643. The average molecular weight is 288 g/mol. The number of aromatic nitrogens is 1. The topological polar surface area (TPSA) is 66.6 Å². The predicted molar refractivity (Wildman–Crippen MR) is 77.0 cm³/mol. The van der Waals surface area contributed by atoms with Crippen molar-refractivity contribution < 1.29 is 14.2 Å². The second kappa shape index (κ2) is 5.34. The van der Waals surface area contributed by atoms with Gasteiger partial charge >= 0.3 is 0 Å². The fourth-order valence-corrected chi connectivity index (χ4v) is 1.92. The van der Waals surface area contributed by atoms with Crippen LogP contribution in [0.1, 0.15) is 11.1 Å². The fraction of sp³-hybridized carbons (Fsp3) is 0.143. The van der Waals surface area contributed by atoms with E-state index in [1.54, 1.807) is 18.3 Å². The van der Waals surface area contributed by atoms with Gasteiger partial charge in [-0.05, 0) is 23.8 Å². The molecule has 1 aliphatic rings. The van der Waals surface area contributed by atoms with Crippen molar-refractivity contribution in [3.63, 3.8) is 0 Å². The molecule has 1 aromatic carbocycles. The van der Waals surface area contributed by atoms with Gasteiger partial charge in [0, 0.05) is 17.8 Å². The molecule has 102 valence electrons. The van der Waals surface area contributed by atoms with E-state index in [4.69, 9.17) is 32.2 Å². The summed E-state index contributed by atoms with van der Waals surface area (Å²) >= 11 is 4.86. The van der Waals surface area contributed by atoms with Crippen molar-refractivity contribution in [2.45, 2.75) is 6.61 Å². The fourth-order valence-electron chi connectivity index (χ4n) is 1.80. The lowest BCUT2D eigenvalue weighted by Crippen LogP contribution is -2.09. The maximum atomic E-state index is 5.59.